The first-order valence-electron chi connectivity index (χ1n) is 9.14. The van der Waals surface area contributed by atoms with Crippen LogP contribution < -0.4 is 15.4 Å². The second kappa shape index (κ2) is 12.0. The summed E-state index contributed by atoms with van der Waals surface area (Å²) >= 11 is 0. The summed E-state index contributed by atoms with van der Waals surface area (Å²) in [7, 11) is 0. The molecule has 0 bridgehead atoms. The van der Waals surface area contributed by atoms with Gasteiger partial charge in [-0.25, -0.2) is 4.99 Å². The van der Waals surface area contributed by atoms with Gasteiger partial charge >= 0.3 is 0 Å². The van der Waals surface area contributed by atoms with E-state index in [2.05, 4.69) is 22.5 Å². The average Bonchev–Trinajstić information content (AvgIpc) is 3.08. The Hall–Kier alpha value is -1.51. The molecule has 1 aromatic carbocycles. The number of amides is 1. The number of benzene rings is 1. The molecule has 0 radical (unpaired) electrons. The van der Waals surface area contributed by atoms with Gasteiger partial charge in [0.05, 0.1) is 6.54 Å². The molecule has 1 aliphatic heterocycles. The van der Waals surface area contributed by atoms with Crippen molar-refractivity contribution in [3.05, 3.63) is 29.8 Å². The minimum atomic E-state index is 0. The van der Waals surface area contributed by atoms with Crippen LogP contribution in [-0.2, 0) is 4.79 Å². The smallest absolute Gasteiger partial charge is 0.222 e. The van der Waals surface area contributed by atoms with E-state index in [0.29, 0.717) is 19.6 Å². The first kappa shape index (κ1) is 22.5. The molecule has 1 aliphatic rings. The van der Waals surface area contributed by atoms with Crippen LogP contribution >= 0.6 is 24.0 Å². The van der Waals surface area contributed by atoms with Gasteiger partial charge in [-0.05, 0) is 32.4 Å². The van der Waals surface area contributed by atoms with Gasteiger partial charge in [0.25, 0.3) is 0 Å². The van der Waals surface area contributed by atoms with E-state index < -0.39 is 0 Å². The Morgan fingerprint density at radius 3 is 2.69 bits per heavy atom. The third-order valence-electron chi connectivity index (χ3n) is 4.18. The molecular formula is C19H31IN4O2. The molecule has 1 atom stereocenters. The van der Waals surface area contributed by atoms with Crippen molar-refractivity contribution < 1.29 is 9.53 Å². The Labute approximate surface area is 173 Å². The lowest BCUT2D eigenvalue weighted by molar-refractivity contribution is -0.129. The molecule has 0 saturated carbocycles. The van der Waals surface area contributed by atoms with Crippen molar-refractivity contribution in [3.63, 3.8) is 0 Å². The van der Waals surface area contributed by atoms with E-state index in [9.17, 15) is 4.79 Å². The number of carbonyl (C=O) groups is 1. The van der Waals surface area contributed by atoms with E-state index in [1.807, 2.05) is 43.0 Å². The Bertz CT molecular complexity index is 577. The maximum absolute atomic E-state index is 11.8. The normalized spacial score (nSPS) is 16.8. The minimum absolute atomic E-state index is 0. The van der Waals surface area contributed by atoms with E-state index in [1.165, 1.54) is 5.56 Å². The number of hydrogen-bond donors (Lipinski definition) is 2. The van der Waals surface area contributed by atoms with Crippen LogP contribution in [0.4, 0.5) is 0 Å². The summed E-state index contributed by atoms with van der Waals surface area (Å²) in [5.74, 6) is 1.87. The predicted molar refractivity (Wildman–Crippen MR) is 116 cm³/mol. The molecule has 2 rings (SSSR count). The minimum Gasteiger partial charge on any atom is -0.492 e. The lowest BCUT2D eigenvalue weighted by Crippen LogP contribution is -2.45. The van der Waals surface area contributed by atoms with Crippen LogP contribution in [0.5, 0.6) is 5.75 Å². The Morgan fingerprint density at radius 1 is 1.31 bits per heavy atom. The second-order valence-corrected chi connectivity index (χ2v) is 6.25. The van der Waals surface area contributed by atoms with Gasteiger partial charge in [-0.3, -0.25) is 4.79 Å². The molecule has 1 aromatic rings. The number of halogens is 1. The highest BCUT2D eigenvalue weighted by Crippen LogP contribution is 2.11. The standard InChI is InChI=1S/C19H30N4O2.HI/c1-4-18(24)23-12-10-16(14-23)22-19(20-5-2)21-11-13-25-17-8-6-15(3)7-9-17;/h6-9,16H,4-5,10-14H2,1-3H3,(H2,20,21,22);1H. The lowest BCUT2D eigenvalue weighted by atomic mass is 10.2. The predicted octanol–water partition coefficient (Wildman–Crippen LogP) is 2.56. The van der Waals surface area contributed by atoms with Crippen LogP contribution in [0.15, 0.2) is 29.3 Å². The molecule has 1 saturated heterocycles. The summed E-state index contributed by atoms with van der Waals surface area (Å²) in [5, 5.41) is 6.67. The van der Waals surface area contributed by atoms with Crippen molar-refractivity contribution in [1.29, 1.82) is 0 Å². The van der Waals surface area contributed by atoms with Gasteiger partial charge in [0.15, 0.2) is 5.96 Å². The molecule has 0 spiro atoms. The monoisotopic (exact) mass is 474 g/mol. The number of aliphatic imine (C=N–C) groups is 1. The molecule has 1 unspecified atom stereocenters. The number of ether oxygens (including phenoxy) is 1. The number of carbonyl (C=O) groups excluding carboxylic acids is 1. The number of guanidine groups is 1. The Kier molecular flexibility index (Phi) is 10.4. The van der Waals surface area contributed by atoms with Gasteiger partial charge < -0.3 is 20.3 Å². The van der Waals surface area contributed by atoms with E-state index in [1.54, 1.807) is 0 Å². The molecule has 146 valence electrons. The van der Waals surface area contributed by atoms with Gasteiger partial charge in [0, 0.05) is 32.1 Å². The zero-order chi connectivity index (χ0) is 18.1. The molecule has 1 fully saturated rings. The number of nitrogens with one attached hydrogen (secondary N) is 2. The maximum Gasteiger partial charge on any atom is 0.222 e. The fraction of sp³-hybridized carbons (Fsp3) is 0.579. The molecule has 1 heterocycles. The van der Waals surface area contributed by atoms with Crippen molar-refractivity contribution in [2.75, 3.05) is 32.8 Å². The molecular weight excluding hydrogens is 443 g/mol. The molecule has 1 amide bonds. The number of aryl methyl sites for hydroxylation is 1. The number of nitrogens with zero attached hydrogens (tertiary/aromatic N) is 2. The molecule has 2 N–H and O–H groups in total. The van der Waals surface area contributed by atoms with Crippen LogP contribution in [-0.4, -0.2) is 55.6 Å². The van der Waals surface area contributed by atoms with Gasteiger partial charge in [-0.15, -0.1) is 24.0 Å². The van der Waals surface area contributed by atoms with Crippen LogP contribution in [0.2, 0.25) is 0 Å². The highest BCUT2D eigenvalue weighted by atomic mass is 127. The lowest BCUT2D eigenvalue weighted by Gasteiger charge is -2.18. The first-order chi connectivity index (χ1) is 12.1. The topological polar surface area (TPSA) is 66.0 Å². The van der Waals surface area contributed by atoms with Crippen molar-refractivity contribution >= 4 is 35.8 Å². The summed E-state index contributed by atoms with van der Waals surface area (Å²) in [6.07, 6.45) is 1.52. The summed E-state index contributed by atoms with van der Waals surface area (Å²) in [5.41, 5.74) is 1.22. The summed E-state index contributed by atoms with van der Waals surface area (Å²) in [6, 6.07) is 8.27. The highest BCUT2D eigenvalue weighted by Gasteiger charge is 2.25. The summed E-state index contributed by atoms with van der Waals surface area (Å²) < 4.78 is 5.71. The van der Waals surface area contributed by atoms with Crippen molar-refractivity contribution in [3.8, 4) is 5.75 Å². The first-order valence-corrected chi connectivity index (χ1v) is 9.14. The molecule has 26 heavy (non-hydrogen) atoms. The SMILES string of the molecule is CCNC(=NCCOc1ccc(C)cc1)NC1CCN(C(=O)CC)C1.I. The average molecular weight is 474 g/mol. The fourth-order valence-corrected chi connectivity index (χ4v) is 2.80. The second-order valence-electron chi connectivity index (χ2n) is 6.25. The van der Waals surface area contributed by atoms with E-state index in [4.69, 9.17) is 4.74 Å². The summed E-state index contributed by atoms with van der Waals surface area (Å²) in [6.45, 7) is 9.48. The van der Waals surface area contributed by atoms with Gasteiger partial charge in [0.2, 0.25) is 5.91 Å². The van der Waals surface area contributed by atoms with E-state index in [0.717, 1.165) is 37.8 Å². The molecule has 6 nitrogen and oxygen atoms in total. The zero-order valence-corrected chi connectivity index (χ0v) is 18.3. The maximum atomic E-state index is 11.8. The molecule has 0 aliphatic carbocycles. The van der Waals surface area contributed by atoms with Gasteiger partial charge in [-0.1, -0.05) is 24.6 Å². The number of rotatable bonds is 7. The molecule has 7 heteroatoms. The van der Waals surface area contributed by atoms with Crippen molar-refractivity contribution in [2.24, 2.45) is 4.99 Å². The van der Waals surface area contributed by atoms with Crippen LogP contribution in [0.3, 0.4) is 0 Å². The zero-order valence-electron chi connectivity index (χ0n) is 16.0. The van der Waals surface area contributed by atoms with Crippen molar-refractivity contribution in [2.45, 2.75) is 39.7 Å². The number of likely N-dealkylation sites (tertiary alicyclic amines) is 1. The summed E-state index contributed by atoms with van der Waals surface area (Å²) in [4.78, 5) is 18.3. The Morgan fingerprint density at radius 2 is 2.04 bits per heavy atom. The van der Waals surface area contributed by atoms with Gasteiger partial charge in [-0.2, -0.15) is 0 Å². The van der Waals surface area contributed by atoms with E-state index in [-0.39, 0.29) is 35.9 Å². The third-order valence-corrected chi connectivity index (χ3v) is 4.18. The van der Waals surface area contributed by atoms with Gasteiger partial charge in [0.1, 0.15) is 12.4 Å². The highest BCUT2D eigenvalue weighted by molar-refractivity contribution is 14.0. The largest absolute Gasteiger partial charge is 0.492 e. The number of hydrogen-bond acceptors (Lipinski definition) is 3. The van der Waals surface area contributed by atoms with Crippen LogP contribution in [0, 0.1) is 6.92 Å². The fourth-order valence-electron chi connectivity index (χ4n) is 2.80. The third kappa shape index (κ3) is 7.39. The van der Waals surface area contributed by atoms with E-state index >= 15 is 0 Å². The van der Waals surface area contributed by atoms with Crippen LogP contribution in [0.25, 0.3) is 0 Å². The Balaban J connectivity index is 0.00000338. The molecule has 0 aromatic heterocycles. The van der Waals surface area contributed by atoms with Crippen LogP contribution in [0.1, 0.15) is 32.3 Å². The quantitative estimate of drug-likeness (QED) is 0.276. The van der Waals surface area contributed by atoms with Crippen molar-refractivity contribution in [1.82, 2.24) is 15.5 Å².